The fourth-order valence-corrected chi connectivity index (χ4v) is 4.42. The van der Waals surface area contributed by atoms with Gasteiger partial charge in [-0.3, -0.25) is 4.79 Å². The molecule has 1 unspecified atom stereocenters. The van der Waals surface area contributed by atoms with Gasteiger partial charge in [-0.1, -0.05) is 18.2 Å². The highest BCUT2D eigenvalue weighted by molar-refractivity contribution is 7.98. The number of carbonyl (C=O) groups is 1. The molecule has 1 amide bonds. The van der Waals surface area contributed by atoms with Crippen molar-refractivity contribution in [1.82, 2.24) is 10.2 Å². The lowest BCUT2D eigenvalue weighted by Gasteiger charge is -2.44. The zero-order chi connectivity index (χ0) is 16.5. The van der Waals surface area contributed by atoms with Crippen molar-refractivity contribution < 1.29 is 9.21 Å². The molecule has 5 heteroatoms. The van der Waals surface area contributed by atoms with Crippen molar-refractivity contribution in [2.45, 2.75) is 23.8 Å². The number of carbonyl (C=O) groups excluding carboxylic acids is 1. The monoisotopic (exact) mass is 342 g/mol. The highest BCUT2D eigenvalue weighted by Gasteiger charge is 2.35. The number of hydrogen-bond donors (Lipinski definition) is 1. The van der Waals surface area contributed by atoms with Crippen molar-refractivity contribution in [3.63, 3.8) is 0 Å². The summed E-state index contributed by atoms with van der Waals surface area (Å²) in [6.45, 7) is 3.32. The van der Waals surface area contributed by atoms with Crippen molar-refractivity contribution in [2.75, 3.05) is 25.9 Å². The zero-order valence-corrected chi connectivity index (χ0v) is 14.6. The fourth-order valence-electron chi connectivity index (χ4n) is 3.82. The maximum absolute atomic E-state index is 12.6. The van der Waals surface area contributed by atoms with Gasteiger partial charge in [0, 0.05) is 23.0 Å². The Morgan fingerprint density at radius 3 is 2.71 bits per heavy atom. The van der Waals surface area contributed by atoms with Crippen LogP contribution in [-0.2, 0) is 0 Å². The molecule has 0 spiro atoms. The maximum Gasteiger partial charge on any atom is 0.287 e. The molecule has 1 atom stereocenters. The highest BCUT2D eigenvalue weighted by Crippen LogP contribution is 2.32. The second-order valence-electron chi connectivity index (χ2n) is 6.58. The molecule has 5 rings (SSSR count). The molecule has 126 valence electrons. The Hall–Kier alpha value is -1.72. The number of benzene rings is 1. The SMILES string of the molecule is CSc1ccccc1-c1ccc(C(=O)NC2CN3CCC2CC3)o1. The Morgan fingerprint density at radius 1 is 1.21 bits per heavy atom. The highest BCUT2D eigenvalue weighted by atomic mass is 32.2. The lowest BCUT2D eigenvalue weighted by atomic mass is 9.84. The van der Waals surface area contributed by atoms with E-state index in [1.165, 1.54) is 25.9 Å². The summed E-state index contributed by atoms with van der Waals surface area (Å²) in [4.78, 5) is 16.1. The lowest BCUT2D eigenvalue weighted by Crippen LogP contribution is -2.57. The molecule has 4 nitrogen and oxygen atoms in total. The molecule has 1 N–H and O–H groups in total. The summed E-state index contributed by atoms with van der Waals surface area (Å²) in [6, 6.07) is 12.0. The molecule has 3 aliphatic heterocycles. The Morgan fingerprint density at radius 2 is 2.00 bits per heavy atom. The molecule has 3 saturated heterocycles. The van der Waals surface area contributed by atoms with Crippen LogP contribution in [-0.4, -0.2) is 42.7 Å². The third-order valence-corrected chi connectivity index (χ3v) is 5.97. The van der Waals surface area contributed by atoms with Crippen LogP contribution in [0.15, 0.2) is 45.7 Å². The number of amides is 1. The number of thioether (sulfide) groups is 1. The third kappa shape index (κ3) is 2.98. The fraction of sp³-hybridized carbons (Fsp3) is 0.421. The van der Waals surface area contributed by atoms with E-state index in [-0.39, 0.29) is 11.9 Å². The second-order valence-corrected chi connectivity index (χ2v) is 7.43. The topological polar surface area (TPSA) is 45.5 Å². The van der Waals surface area contributed by atoms with Crippen LogP contribution in [0.1, 0.15) is 23.4 Å². The van der Waals surface area contributed by atoms with Gasteiger partial charge >= 0.3 is 0 Å². The van der Waals surface area contributed by atoms with E-state index in [0.717, 1.165) is 22.8 Å². The first-order valence-electron chi connectivity index (χ1n) is 8.51. The summed E-state index contributed by atoms with van der Waals surface area (Å²) in [5.74, 6) is 1.67. The predicted octanol–water partition coefficient (Wildman–Crippen LogP) is 3.49. The molecule has 1 aromatic carbocycles. The second kappa shape index (κ2) is 6.65. The Bertz CT molecular complexity index is 734. The van der Waals surface area contributed by atoms with Gasteiger partial charge in [0.25, 0.3) is 5.91 Å². The summed E-state index contributed by atoms with van der Waals surface area (Å²) in [7, 11) is 0. The normalized spacial score (nSPS) is 25.6. The summed E-state index contributed by atoms with van der Waals surface area (Å²) < 4.78 is 5.86. The van der Waals surface area contributed by atoms with Gasteiger partial charge in [0.15, 0.2) is 5.76 Å². The van der Waals surface area contributed by atoms with E-state index >= 15 is 0 Å². The van der Waals surface area contributed by atoms with Crippen LogP contribution in [0, 0.1) is 5.92 Å². The number of furan rings is 1. The van der Waals surface area contributed by atoms with Crippen LogP contribution in [0.4, 0.5) is 0 Å². The molecule has 3 aliphatic rings. The van der Waals surface area contributed by atoms with E-state index in [1.54, 1.807) is 17.8 Å². The zero-order valence-electron chi connectivity index (χ0n) is 13.8. The molecule has 0 aliphatic carbocycles. The largest absolute Gasteiger partial charge is 0.451 e. The number of nitrogens with zero attached hydrogens (tertiary/aromatic N) is 1. The standard InChI is InChI=1S/C19H22N2O2S/c1-24-18-5-3-2-4-14(18)16-6-7-17(23-16)19(22)20-15-12-21-10-8-13(15)9-11-21/h2-7,13,15H,8-12H2,1H3,(H,20,22). The maximum atomic E-state index is 12.6. The van der Waals surface area contributed by atoms with E-state index in [9.17, 15) is 4.79 Å². The summed E-state index contributed by atoms with van der Waals surface area (Å²) >= 11 is 1.68. The molecule has 3 fully saturated rings. The summed E-state index contributed by atoms with van der Waals surface area (Å²) in [5, 5.41) is 3.18. The smallest absolute Gasteiger partial charge is 0.287 e. The van der Waals surface area contributed by atoms with Crippen molar-refractivity contribution in [2.24, 2.45) is 5.92 Å². The minimum atomic E-state index is -0.0957. The van der Waals surface area contributed by atoms with E-state index in [1.807, 2.05) is 30.5 Å². The first-order valence-corrected chi connectivity index (χ1v) is 9.73. The average Bonchev–Trinajstić information content (AvgIpc) is 3.13. The van der Waals surface area contributed by atoms with Crippen LogP contribution in [0.25, 0.3) is 11.3 Å². The van der Waals surface area contributed by atoms with E-state index < -0.39 is 0 Å². The molecule has 0 radical (unpaired) electrons. The minimum absolute atomic E-state index is 0.0957. The van der Waals surface area contributed by atoms with Gasteiger partial charge in [-0.15, -0.1) is 11.8 Å². The number of nitrogens with one attached hydrogen (secondary N) is 1. The average molecular weight is 342 g/mol. The molecule has 0 saturated carbocycles. The van der Waals surface area contributed by atoms with Crippen LogP contribution in [0.3, 0.4) is 0 Å². The Kier molecular flexibility index (Phi) is 4.37. The van der Waals surface area contributed by atoms with Crippen molar-refractivity contribution in [3.05, 3.63) is 42.2 Å². The van der Waals surface area contributed by atoms with Gasteiger partial charge in [-0.25, -0.2) is 0 Å². The third-order valence-electron chi connectivity index (χ3n) is 5.17. The van der Waals surface area contributed by atoms with Crippen LogP contribution >= 0.6 is 11.8 Å². The van der Waals surface area contributed by atoms with Crippen LogP contribution < -0.4 is 5.32 Å². The van der Waals surface area contributed by atoms with Crippen molar-refractivity contribution >= 4 is 17.7 Å². The van der Waals surface area contributed by atoms with E-state index in [2.05, 4.69) is 16.3 Å². The number of rotatable bonds is 4. The Labute approximate surface area is 146 Å². The quantitative estimate of drug-likeness (QED) is 0.864. The van der Waals surface area contributed by atoms with Crippen molar-refractivity contribution in [3.8, 4) is 11.3 Å². The molecule has 4 heterocycles. The van der Waals surface area contributed by atoms with Gasteiger partial charge in [0.05, 0.1) is 0 Å². The van der Waals surface area contributed by atoms with Gasteiger partial charge in [-0.2, -0.15) is 0 Å². The van der Waals surface area contributed by atoms with Crippen LogP contribution in [0.5, 0.6) is 0 Å². The predicted molar refractivity (Wildman–Crippen MR) is 96.3 cm³/mol. The van der Waals surface area contributed by atoms with E-state index in [0.29, 0.717) is 11.7 Å². The molecule has 2 bridgehead atoms. The molecular weight excluding hydrogens is 320 g/mol. The first kappa shape index (κ1) is 15.8. The van der Waals surface area contributed by atoms with Crippen molar-refractivity contribution in [1.29, 1.82) is 0 Å². The first-order chi connectivity index (χ1) is 11.7. The number of fused-ring (bicyclic) bond motifs is 3. The Balaban J connectivity index is 1.49. The van der Waals surface area contributed by atoms with Gasteiger partial charge in [-0.05, 0) is 56.3 Å². The summed E-state index contributed by atoms with van der Waals surface area (Å²) in [5.41, 5.74) is 1.03. The molecular formula is C19H22N2O2S. The number of piperidine rings is 3. The van der Waals surface area contributed by atoms with Gasteiger partial charge < -0.3 is 14.6 Å². The number of hydrogen-bond acceptors (Lipinski definition) is 4. The summed E-state index contributed by atoms with van der Waals surface area (Å²) in [6.07, 6.45) is 4.42. The van der Waals surface area contributed by atoms with Gasteiger partial charge in [0.2, 0.25) is 0 Å². The molecule has 24 heavy (non-hydrogen) atoms. The van der Waals surface area contributed by atoms with Gasteiger partial charge in [0.1, 0.15) is 5.76 Å². The minimum Gasteiger partial charge on any atom is -0.451 e. The molecule has 1 aromatic heterocycles. The van der Waals surface area contributed by atoms with E-state index in [4.69, 9.17) is 4.42 Å². The molecule has 2 aromatic rings. The van der Waals surface area contributed by atoms with Crippen LogP contribution in [0.2, 0.25) is 0 Å². The lowest BCUT2D eigenvalue weighted by molar-refractivity contribution is 0.0606.